The van der Waals surface area contributed by atoms with Gasteiger partial charge in [0, 0.05) is 11.1 Å². The van der Waals surface area contributed by atoms with E-state index in [0.29, 0.717) is 5.56 Å². The molecule has 0 spiro atoms. The van der Waals surface area contributed by atoms with Crippen LogP contribution < -0.4 is 10.5 Å². The van der Waals surface area contributed by atoms with Crippen LogP contribution in [0.4, 0.5) is 5.82 Å². The molecule has 0 saturated carbocycles. The quantitative estimate of drug-likeness (QED) is 0.390. The first-order valence-corrected chi connectivity index (χ1v) is 11.0. The Bertz CT molecular complexity index is 1070. The lowest BCUT2D eigenvalue weighted by atomic mass is 9.96. The topological polar surface area (TPSA) is 71.9 Å². The minimum Gasteiger partial charge on any atom is -0.494 e. The van der Waals surface area contributed by atoms with E-state index in [1.807, 2.05) is 30.3 Å². The second-order valence-electron chi connectivity index (χ2n) is 8.03. The Kier molecular flexibility index (Phi) is 7.67. The van der Waals surface area contributed by atoms with E-state index in [-0.39, 0.29) is 5.82 Å². The fourth-order valence-electron chi connectivity index (χ4n) is 3.69. The highest BCUT2D eigenvalue weighted by Gasteiger charge is 2.15. The van der Waals surface area contributed by atoms with Gasteiger partial charge in [0.1, 0.15) is 23.2 Å². The van der Waals surface area contributed by atoms with Crippen molar-refractivity contribution < 1.29 is 4.74 Å². The van der Waals surface area contributed by atoms with E-state index in [1.165, 1.54) is 25.7 Å². The molecule has 0 bridgehead atoms. The molecule has 3 aromatic rings. The number of aryl methyl sites for hydroxylation is 2. The van der Waals surface area contributed by atoms with Crippen LogP contribution in [0.15, 0.2) is 48.5 Å². The number of pyridine rings is 1. The van der Waals surface area contributed by atoms with E-state index in [0.717, 1.165) is 52.3 Å². The number of ether oxygens (including phenoxy) is 1. The van der Waals surface area contributed by atoms with Gasteiger partial charge in [0.05, 0.1) is 12.3 Å². The smallest absolute Gasteiger partial charge is 0.142 e. The first kappa shape index (κ1) is 22.4. The average Bonchev–Trinajstić information content (AvgIpc) is 2.77. The van der Waals surface area contributed by atoms with Crippen molar-refractivity contribution in [3.05, 3.63) is 65.2 Å². The third-order valence-corrected chi connectivity index (χ3v) is 5.51. The zero-order chi connectivity index (χ0) is 22.2. The third kappa shape index (κ3) is 5.64. The van der Waals surface area contributed by atoms with Crippen molar-refractivity contribution in [3.63, 3.8) is 0 Å². The van der Waals surface area contributed by atoms with E-state index in [9.17, 15) is 5.26 Å². The normalized spacial score (nSPS) is 10.6. The van der Waals surface area contributed by atoms with Crippen molar-refractivity contribution in [1.29, 1.82) is 5.26 Å². The molecule has 31 heavy (non-hydrogen) atoms. The highest BCUT2D eigenvalue weighted by Crippen LogP contribution is 2.33. The summed E-state index contributed by atoms with van der Waals surface area (Å²) in [7, 11) is 0. The molecule has 0 saturated heterocycles. The number of nitrogens with zero attached hydrogens (tertiary/aromatic N) is 2. The Morgan fingerprint density at radius 2 is 1.68 bits per heavy atom. The van der Waals surface area contributed by atoms with Crippen molar-refractivity contribution in [3.8, 4) is 34.2 Å². The van der Waals surface area contributed by atoms with Gasteiger partial charge in [-0.3, -0.25) is 0 Å². The van der Waals surface area contributed by atoms with Crippen LogP contribution in [0.1, 0.15) is 55.7 Å². The predicted molar refractivity (Wildman–Crippen MR) is 128 cm³/mol. The summed E-state index contributed by atoms with van der Waals surface area (Å²) in [6, 6.07) is 18.3. The van der Waals surface area contributed by atoms with Gasteiger partial charge in [-0.05, 0) is 55.7 Å². The molecule has 2 aromatic carbocycles. The molecule has 1 aromatic heterocycles. The van der Waals surface area contributed by atoms with Gasteiger partial charge in [-0.2, -0.15) is 5.26 Å². The Morgan fingerprint density at radius 1 is 0.935 bits per heavy atom. The zero-order valence-electron chi connectivity index (χ0n) is 18.7. The molecule has 160 valence electrons. The number of nitriles is 1. The van der Waals surface area contributed by atoms with Crippen LogP contribution in [-0.4, -0.2) is 11.6 Å². The number of benzene rings is 2. The first-order valence-electron chi connectivity index (χ1n) is 11.0. The molecule has 0 aliphatic rings. The Labute approximate surface area is 185 Å². The molecule has 0 aliphatic carbocycles. The van der Waals surface area contributed by atoms with Gasteiger partial charge in [-0.15, -0.1) is 0 Å². The first-order chi connectivity index (χ1) is 15.0. The lowest BCUT2D eigenvalue weighted by molar-refractivity contribution is 0.304. The Morgan fingerprint density at radius 3 is 2.39 bits per heavy atom. The predicted octanol–water partition coefficient (Wildman–Crippen LogP) is 6.84. The molecule has 0 radical (unpaired) electrons. The molecule has 0 amide bonds. The van der Waals surface area contributed by atoms with Crippen molar-refractivity contribution in [2.75, 3.05) is 12.3 Å². The van der Waals surface area contributed by atoms with Crippen LogP contribution in [0, 0.1) is 25.2 Å². The average molecular weight is 414 g/mol. The number of hydrogen-bond donors (Lipinski definition) is 1. The van der Waals surface area contributed by atoms with Crippen LogP contribution in [0.2, 0.25) is 0 Å². The van der Waals surface area contributed by atoms with Gasteiger partial charge in [-0.25, -0.2) is 4.98 Å². The SMILES string of the molecule is CCCCCCCOc1ccc(-c2cc(-c3cc(C)ccc3C)nc(N)c2C#N)cc1. The van der Waals surface area contributed by atoms with Gasteiger partial charge in [0.25, 0.3) is 0 Å². The summed E-state index contributed by atoms with van der Waals surface area (Å²) in [4.78, 5) is 4.52. The van der Waals surface area contributed by atoms with Crippen molar-refractivity contribution in [2.45, 2.75) is 52.9 Å². The summed E-state index contributed by atoms with van der Waals surface area (Å²) in [5.41, 5.74) is 12.4. The molecule has 0 aliphatic heterocycles. The molecule has 0 unspecified atom stereocenters. The number of anilines is 1. The monoisotopic (exact) mass is 413 g/mol. The molecule has 4 heteroatoms. The van der Waals surface area contributed by atoms with Crippen LogP contribution in [0.3, 0.4) is 0 Å². The number of hydrogen-bond acceptors (Lipinski definition) is 4. The standard InChI is InChI=1S/C27H31N3O/c1-4-5-6-7-8-15-31-22-13-11-21(12-14-22)24-17-26(30-27(29)25(24)18-28)23-16-19(2)9-10-20(23)3/h9-14,16-17H,4-8,15H2,1-3H3,(H2,29,30). The molecule has 0 fully saturated rings. The summed E-state index contributed by atoms with van der Waals surface area (Å²) in [5, 5.41) is 9.69. The van der Waals surface area contributed by atoms with Crippen LogP contribution in [-0.2, 0) is 0 Å². The highest BCUT2D eigenvalue weighted by molar-refractivity contribution is 5.81. The second kappa shape index (κ2) is 10.6. The van der Waals surface area contributed by atoms with E-state index in [4.69, 9.17) is 10.5 Å². The summed E-state index contributed by atoms with van der Waals surface area (Å²) >= 11 is 0. The number of rotatable bonds is 9. The molecule has 1 heterocycles. The van der Waals surface area contributed by atoms with Gasteiger partial charge < -0.3 is 10.5 Å². The number of unbranched alkanes of at least 4 members (excludes halogenated alkanes) is 4. The van der Waals surface area contributed by atoms with E-state index >= 15 is 0 Å². The number of aromatic nitrogens is 1. The fourth-order valence-corrected chi connectivity index (χ4v) is 3.69. The Balaban J connectivity index is 1.84. The lowest BCUT2D eigenvalue weighted by Gasteiger charge is -2.13. The van der Waals surface area contributed by atoms with Gasteiger partial charge in [0.15, 0.2) is 0 Å². The van der Waals surface area contributed by atoms with Crippen molar-refractivity contribution in [1.82, 2.24) is 4.98 Å². The largest absolute Gasteiger partial charge is 0.494 e. The Hall–Kier alpha value is -3.32. The molecular formula is C27H31N3O. The van der Waals surface area contributed by atoms with Crippen LogP contribution in [0.5, 0.6) is 5.75 Å². The summed E-state index contributed by atoms with van der Waals surface area (Å²) < 4.78 is 5.88. The lowest BCUT2D eigenvalue weighted by Crippen LogP contribution is -2.01. The third-order valence-electron chi connectivity index (χ3n) is 5.51. The van der Waals surface area contributed by atoms with Crippen molar-refractivity contribution >= 4 is 5.82 Å². The number of nitrogen functional groups attached to an aromatic ring is 1. The minimum atomic E-state index is 0.253. The highest BCUT2D eigenvalue weighted by atomic mass is 16.5. The van der Waals surface area contributed by atoms with E-state index < -0.39 is 0 Å². The van der Waals surface area contributed by atoms with Gasteiger partial charge in [-0.1, -0.05) is 62.4 Å². The molecule has 3 rings (SSSR count). The van der Waals surface area contributed by atoms with Crippen LogP contribution >= 0.6 is 0 Å². The summed E-state index contributed by atoms with van der Waals surface area (Å²) in [6.07, 6.45) is 6.07. The summed E-state index contributed by atoms with van der Waals surface area (Å²) in [6.45, 7) is 7.06. The van der Waals surface area contributed by atoms with Crippen LogP contribution in [0.25, 0.3) is 22.4 Å². The maximum Gasteiger partial charge on any atom is 0.142 e. The fraction of sp³-hybridized carbons (Fsp3) is 0.333. The van der Waals surface area contributed by atoms with Gasteiger partial charge >= 0.3 is 0 Å². The minimum absolute atomic E-state index is 0.253. The molecule has 0 atom stereocenters. The maximum absolute atomic E-state index is 9.69. The molecule has 4 nitrogen and oxygen atoms in total. The van der Waals surface area contributed by atoms with Crippen molar-refractivity contribution in [2.24, 2.45) is 0 Å². The van der Waals surface area contributed by atoms with E-state index in [1.54, 1.807) is 0 Å². The number of nitrogens with two attached hydrogens (primary N) is 1. The van der Waals surface area contributed by atoms with Gasteiger partial charge in [0.2, 0.25) is 0 Å². The second-order valence-corrected chi connectivity index (χ2v) is 8.03. The molecular weight excluding hydrogens is 382 g/mol. The maximum atomic E-state index is 9.69. The zero-order valence-corrected chi connectivity index (χ0v) is 18.7. The summed E-state index contributed by atoms with van der Waals surface area (Å²) in [5.74, 6) is 1.10. The van der Waals surface area contributed by atoms with E-state index in [2.05, 4.69) is 50.0 Å². The molecule has 2 N–H and O–H groups in total.